The van der Waals surface area contributed by atoms with Crippen molar-refractivity contribution in [3.63, 3.8) is 0 Å². The van der Waals surface area contributed by atoms with Gasteiger partial charge in [0.15, 0.2) is 0 Å². The van der Waals surface area contributed by atoms with Crippen molar-refractivity contribution >= 4 is 28.4 Å². The fourth-order valence-electron chi connectivity index (χ4n) is 2.81. The van der Waals surface area contributed by atoms with Crippen LogP contribution in [0.15, 0.2) is 48.7 Å². The minimum Gasteiger partial charge on any atom is -0.392 e. The van der Waals surface area contributed by atoms with E-state index in [1.165, 1.54) is 12.1 Å². The second kappa shape index (κ2) is 6.02. The lowest BCUT2D eigenvalue weighted by Crippen LogP contribution is -2.27. The molecule has 3 N–H and O–H groups in total. The van der Waals surface area contributed by atoms with Crippen LogP contribution in [-0.2, 0) is 11.4 Å². The van der Waals surface area contributed by atoms with Crippen LogP contribution in [0.4, 0.5) is 4.39 Å². The lowest BCUT2D eigenvalue weighted by atomic mass is 10.1. The van der Waals surface area contributed by atoms with Gasteiger partial charge in [0.05, 0.1) is 6.61 Å². The Bertz CT molecular complexity index is 871. The molecule has 1 aromatic heterocycles. The molecule has 4 nitrogen and oxygen atoms in total. The number of hydrogen-bond acceptors (Lipinski definition) is 2. The van der Waals surface area contributed by atoms with E-state index in [1.54, 1.807) is 10.8 Å². The Morgan fingerprint density at radius 1 is 1.30 bits per heavy atom. The van der Waals surface area contributed by atoms with E-state index in [0.717, 1.165) is 17.0 Å². The van der Waals surface area contributed by atoms with Crippen molar-refractivity contribution in [1.82, 2.24) is 4.57 Å². The molecule has 0 aliphatic rings. The van der Waals surface area contributed by atoms with Gasteiger partial charge in [0.2, 0.25) is 5.91 Å². The number of halogens is 2. The number of para-hydroxylation sites is 1. The number of aromatic nitrogens is 1. The number of rotatable bonds is 4. The Balaban J connectivity index is 2.25. The van der Waals surface area contributed by atoms with Crippen LogP contribution < -0.4 is 5.73 Å². The van der Waals surface area contributed by atoms with E-state index in [-0.39, 0.29) is 11.6 Å². The Morgan fingerprint density at radius 2 is 2.04 bits per heavy atom. The molecule has 0 saturated carbocycles. The summed E-state index contributed by atoms with van der Waals surface area (Å²) in [5.74, 6) is -1.19. The smallest absolute Gasteiger partial charge is 0.245 e. The summed E-state index contributed by atoms with van der Waals surface area (Å²) in [7, 11) is 0. The number of nitrogens with two attached hydrogens (primary N) is 1. The van der Waals surface area contributed by atoms with Gasteiger partial charge in [0.1, 0.15) is 11.9 Å². The number of primary amides is 1. The van der Waals surface area contributed by atoms with Gasteiger partial charge in [-0.3, -0.25) is 4.79 Å². The van der Waals surface area contributed by atoms with E-state index in [2.05, 4.69) is 0 Å². The summed E-state index contributed by atoms with van der Waals surface area (Å²) >= 11 is 5.90. The number of carbonyl (C=O) groups excluding carboxylic acids is 1. The third-order valence-corrected chi connectivity index (χ3v) is 3.96. The van der Waals surface area contributed by atoms with Gasteiger partial charge in [-0.2, -0.15) is 0 Å². The van der Waals surface area contributed by atoms with Gasteiger partial charge in [-0.15, -0.1) is 0 Å². The van der Waals surface area contributed by atoms with E-state index in [9.17, 15) is 14.3 Å². The summed E-state index contributed by atoms with van der Waals surface area (Å²) in [6.45, 7) is -0.178. The molecule has 118 valence electrons. The second-order valence-electron chi connectivity index (χ2n) is 5.24. The van der Waals surface area contributed by atoms with E-state index >= 15 is 0 Å². The van der Waals surface area contributed by atoms with Crippen molar-refractivity contribution in [1.29, 1.82) is 0 Å². The zero-order chi connectivity index (χ0) is 16.6. The fourth-order valence-corrected chi connectivity index (χ4v) is 3.04. The maximum Gasteiger partial charge on any atom is 0.245 e. The summed E-state index contributed by atoms with van der Waals surface area (Å²) in [4.78, 5) is 12.0. The average molecular weight is 333 g/mol. The van der Waals surface area contributed by atoms with E-state index in [0.29, 0.717) is 11.1 Å². The normalized spacial score (nSPS) is 12.5. The lowest BCUT2D eigenvalue weighted by Gasteiger charge is -2.18. The van der Waals surface area contributed by atoms with Gasteiger partial charge in [-0.25, -0.2) is 4.39 Å². The van der Waals surface area contributed by atoms with Gasteiger partial charge in [-0.05, 0) is 29.8 Å². The molecule has 3 aromatic rings. The molecule has 6 heteroatoms. The number of fused-ring (bicyclic) bond motifs is 1. The Morgan fingerprint density at radius 3 is 2.70 bits per heavy atom. The Hall–Kier alpha value is -2.37. The molecule has 0 bridgehead atoms. The fraction of sp³-hybridized carbons (Fsp3) is 0.118. The third-order valence-electron chi connectivity index (χ3n) is 3.74. The predicted octanol–water partition coefficient (Wildman–Crippen LogP) is 3.00. The number of carbonyl (C=O) groups is 1. The largest absolute Gasteiger partial charge is 0.392 e. The van der Waals surface area contributed by atoms with Crippen molar-refractivity contribution in [2.45, 2.75) is 12.6 Å². The summed E-state index contributed by atoms with van der Waals surface area (Å²) < 4.78 is 15.3. The van der Waals surface area contributed by atoms with Gasteiger partial charge >= 0.3 is 0 Å². The molecule has 1 amide bonds. The van der Waals surface area contributed by atoms with Crippen molar-refractivity contribution in [2.24, 2.45) is 5.73 Å². The highest BCUT2D eigenvalue weighted by atomic mass is 35.5. The first-order valence-electron chi connectivity index (χ1n) is 6.96. The average Bonchev–Trinajstić information content (AvgIpc) is 2.85. The molecule has 0 saturated heterocycles. The molecule has 23 heavy (non-hydrogen) atoms. The van der Waals surface area contributed by atoms with Crippen molar-refractivity contribution in [3.05, 3.63) is 70.6 Å². The minimum absolute atomic E-state index is 0.178. The minimum atomic E-state index is -0.923. The van der Waals surface area contributed by atoms with Gasteiger partial charge in [0.25, 0.3) is 0 Å². The molecule has 0 spiro atoms. The van der Waals surface area contributed by atoms with Crippen LogP contribution in [0.3, 0.4) is 0 Å². The maximum absolute atomic E-state index is 13.7. The molecule has 1 unspecified atom stereocenters. The van der Waals surface area contributed by atoms with Gasteiger partial charge in [0, 0.05) is 27.7 Å². The van der Waals surface area contributed by atoms with Gasteiger partial charge in [-0.1, -0.05) is 29.8 Å². The summed E-state index contributed by atoms with van der Waals surface area (Å²) in [6, 6.07) is 10.3. The quantitative estimate of drug-likeness (QED) is 0.771. The van der Waals surface area contributed by atoms with Crippen LogP contribution in [-0.4, -0.2) is 15.6 Å². The zero-order valence-corrected chi connectivity index (χ0v) is 12.8. The standard InChI is InChI=1S/C17H14ClFN2O2/c18-12-5-10(6-13(19)7-12)16(17(20)23)21-8-11(9-22)14-3-1-2-4-15(14)21/h1-8,16,22H,9H2,(H2,20,23). The Labute approximate surface area is 136 Å². The zero-order valence-electron chi connectivity index (χ0n) is 12.0. The molecule has 0 fully saturated rings. The first kappa shape index (κ1) is 15.5. The van der Waals surface area contributed by atoms with Crippen LogP contribution in [0.5, 0.6) is 0 Å². The Kier molecular flexibility index (Phi) is 4.07. The first-order valence-corrected chi connectivity index (χ1v) is 7.33. The second-order valence-corrected chi connectivity index (χ2v) is 5.68. The molecular formula is C17H14ClFN2O2. The third kappa shape index (κ3) is 2.81. The van der Waals surface area contributed by atoms with Crippen LogP contribution >= 0.6 is 11.6 Å². The van der Waals surface area contributed by atoms with Crippen LogP contribution in [0, 0.1) is 5.82 Å². The molecule has 1 atom stereocenters. The SMILES string of the molecule is NC(=O)C(c1cc(F)cc(Cl)c1)n1cc(CO)c2ccccc21. The number of hydrogen-bond donors (Lipinski definition) is 2. The van der Waals surface area contributed by atoms with Crippen molar-refractivity contribution in [2.75, 3.05) is 0 Å². The number of aliphatic hydroxyl groups is 1. The van der Waals surface area contributed by atoms with Crippen molar-refractivity contribution in [3.8, 4) is 0 Å². The van der Waals surface area contributed by atoms with Crippen molar-refractivity contribution < 1.29 is 14.3 Å². The van der Waals surface area contributed by atoms with Crippen LogP contribution in [0.25, 0.3) is 10.9 Å². The van der Waals surface area contributed by atoms with Crippen LogP contribution in [0.2, 0.25) is 5.02 Å². The number of nitrogens with zero attached hydrogens (tertiary/aromatic N) is 1. The maximum atomic E-state index is 13.7. The summed E-state index contributed by atoms with van der Waals surface area (Å²) in [5, 5.41) is 10.5. The topological polar surface area (TPSA) is 68.2 Å². The van der Waals surface area contributed by atoms with E-state index in [4.69, 9.17) is 17.3 Å². The molecule has 2 aromatic carbocycles. The molecule has 1 heterocycles. The molecule has 0 aliphatic heterocycles. The summed E-state index contributed by atoms with van der Waals surface area (Å²) in [6.07, 6.45) is 1.65. The number of aliphatic hydroxyl groups excluding tert-OH is 1. The number of amides is 1. The monoisotopic (exact) mass is 332 g/mol. The lowest BCUT2D eigenvalue weighted by molar-refractivity contribution is -0.120. The highest BCUT2D eigenvalue weighted by Crippen LogP contribution is 2.30. The molecule has 0 aliphatic carbocycles. The molecule has 0 radical (unpaired) electrons. The van der Waals surface area contributed by atoms with E-state index in [1.807, 2.05) is 24.3 Å². The first-order chi connectivity index (χ1) is 11.0. The van der Waals surface area contributed by atoms with Crippen LogP contribution in [0.1, 0.15) is 17.2 Å². The highest BCUT2D eigenvalue weighted by molar-refractivity contribution is 6.30. The molecular weight excluding hydrogens is 319 g/mol. The highest BCUT2D eigenvalue weighted by Gasteiger charge is 2.23. The summed E-state index contributed by atoms with van der Waals surface area (Å²) in [5.41, 5.74) is 7.29. The molecule has 3 rings (SSSR count). The van der Waals surface area contributed by atoms with E-state index < -0.39 is 17.8 Å². The number of benzene rings is 2. The predicted molar refractivity (Wildman–Crippen MR) is 86.6 cm³/mol. The van der Waals surface area contributed by atoms with Gasteiger partial charge < -0.3 is 15.4 Å².